The Morgan fingerprint density at radius 3 is 2.56 bits per heavy atom. The van der Waals surface area contributed by atoms with Gasteiger partial charge in [-0.2, -0.15) is 0 Å². The SMILES string of the molecule is COC(=O)C(C)Oc1ccc2c(c1C)O/C(=C\c1ccccc1OC)C2=O. The van der Waals surface area contributed by atoms with E-state index in [1.807, 2.05) is 24.3 Å². The van der Waals surface area contributed by atoms with Crippen LogP contribution in [-0.4, -0.2) is 32.1 Å². The fourth-order valence-corrected chi connectivity index (χ4v) is 2.83. The molecule has 0 bridgehead atoms. The van der Waals surface area contributed by atoms with Crippen molar-refractivity contribution in [3.05, 3.63) is 58.8 Å². The molecule has 0 spiro atoms. The number of para-hydroxylation sites is 1. The fourth-order valence-electron chi connectivity index (χ4n) is 2.83. The Balaban J connectivity index is 1.92. The molecule has 1 atom stereocenters. The van der Waals surface area contributed by atoms with Crippen molar-refractivity contribution in [3.8, 4) is 17.2 Å². The normalized spacial score (nSPS) is 15.1. The highest BCUT2D eigenvalue weighted by atomic mass is 16.6. The summed E-state index contributed by atoms with van der Waals surface area (Å²) in [7, 11) is 2.87. The van der Waals surface area contributed by atoms with Crippen molar-refractivity contribution < 1.29 is 28.5 Å². The Bertz CT molecular complexity index is 928. The van der Waals surface area contributed by atoms with Gasteiger partial charge in [0.05, 0.1) is 19.8 Å². The molecule has 0 fully saturated rings. The second-order valence-electron chi connectivity index (χ2n) is 6.03. The third-order valence-corrected chi connectivity index (χ3v) is 4.30. The van der Waals surface area contributed by atoms with Gasteiger partial charge < -0.3 is 18.9 Å². The number of carbonyl (C=O) groups excluding carboxylic acids is 2. The highest BCUT2D eigenvalue weighted by Gasteiger charge is 2.31. The molecule has 0 radical (unpaired) electrons. The van der Waals surface area contributed by atoms with Gasteiger partial charge in [-0.3, -0.25) is 4.79 Å². The van der Waals surface area contributed by atoms with Crippen LogP contribution in [0.25, 0.3) is 6.08 Å². The van der Waals surface area contributed by atoms with Crippen LogP contribution >= 0.6 is 0 Å². The predicted octanol–water partition coefficient (Wildman–Crippen LogP) is 3.56. The Morgan fingerprint density at radius 2 is 1.85 bits per heavy atom. The number of carbonyl (C=O) groups is 2. The summed E-state index contributed by atoms with van der Waals surface area (Å²) < 4.78 is 21.4. The van der Waals surface area contributed by atoms with Crippen LogP contribution in [0.4, 0.5) is 0 Å². The van der Waals surface area contributed by atoms with Gasteiger partial charge in [0.25, 0.3) is 0 Å². The zero-order valence-electron chi connectivity index (χ0n) is 15.6. The first-order valence-electron chi connectivity index (χ1n) is 8.41. The molecule has 140 valence electrons. The van der Waals surface area contributed by atoms with Crippen LogP contribution in [0.15, 0.2) is 42.2 Å². The predicted molar refractivity (Wildman–Crippen MR) is 99.2 cm³/mol. The number of esters is 1. The third kappa shape index (κ3) is 3.51. The van der Waals surface area contributed by atoms with Gasteiger partial charge in [0.15, 0.2) is 11.9 Å². The molecule has 0 aromatic heterocycles. The summed E-state index contributed by atoms with van der Waals surface area (Å²) in [5.74, 6) is 1.03. The van der Waals surface area contributed by atoms with E-state index in [0.717, 1.165) is 5.56 Å². The molecule has 1 unspecified atom stereocenters. The average Bonchev–Trinajstić information content (AvgIpc) is 3.00. The van der Waals surface area contributed by atoms with Crippen molar-refractivity contribution in [1.82, 2.24) is 0 Å². The van der Waals surface area contributed by atoms with Crippen LogP contribution in [0.3, 0.4) is 0 Å². The molecule has 0 saturated heterocycles. The zero-order valence-corrected chi connectivity index (χ0v) is 15.6. The molecule has 6 heteroatoms. The largest absolute Gasteiger partial charge is 0.496 e. The summed E-state index contributed by atoms with van der Waals surface area (Å²) in [6, 6.07) is 10.6. The molecule has 1 heterocycles. The highest BCUT2D eigenvalue weighted by Crippen LogP contribution is 2.40. The molecule has 0 amide bonds. The van der Waals surface area contributed by atoms with E-state index in [0.29, 0.717) is 28.4 Å². The van der Waals surface area contributed by atoms with E-state index in [-0.39, 0.29) is 11.5 Å². The van der Waals surface area contributed by atoms with Gasteiger partial charge in [0, 0.05) is 11.1 Å². The number of hydrogen-bond acceptors (Lipinski definition) is 6. The first-order valence-corrected chi connectivity index (χ1v) is 8.41. The summed E-state index contributed by atoms with van der Waals surface area (Å²) in [4.78, 5) is 24.3. The molecule has 0 N–H and O–H groups in total. The number of fused-ring (bicyclic) bond motifs is 1. The minimum absolute atomic E-state index is 0.204. The molecule has 2 aromatic carbocycles. The fraction of sp³-hybridized carbons (Fsp3) is 0.238. The zero-order chi connectivity index (χ0) is 19.6. The molecule has 0 saturated carbocycles. The first kappa shape index (κ1) is 18.5. The molecule has 27 heavy (non-hydrogen) atoms. The van der Waals surface area contributed by atoms with E-state index >= 15 is 0 Å². The van der Waals surface area contributed by atoms with Crippen LogP contribution < -0.4 is 14.2 Å². The second-order valence-corrected chi connectivity index (χ2v) is 6.03. The van der Waals surface area contributed by atoms with Crippen molar-refractivity contribution in [2.75, 3.05) is 14.2 Å². The van der Waals surface area contributed by atoms with E-state index in [1.54, 1.807) is 39.2 Å². The van der Waals surface area contributed by atoms with Gasteiger partial charge >= 0.3 is 5.97 Å². The molecule has 3 rings (SSSR count). The van der Waals surface area contributed by atoms with Crippen molar-refractivity contribution in [2.45, 2.75) is 20.0 Å². The van der Waals surface area contributed by atoms with E-state index in [9.17, 15) is 9.59 Å². The number of hydrogen-bond donors (Lipinski definition) is 0. The average molecular weight is 368 g/mol. The van der Waals surface area contributed by atoms with Gasteiger partial charge in [-0.05, 0) is 38.1 Å². The Kier molecular flexibility index (Phi) is 5.16. The molecular formula is C21H20O6. The quantitative estimate of drug-likeness (QED) is 0.594. The van der Waals surface area contributed by atoms with Crippen LogP contribution in [0.2, 0.25) is 0 Å². The van der Waals surface area contributed by atoms with Crippen LogP contribution in [-0.2, 0) is 9.53 Å². The number of benzene rings is 2. The molecule has 1 aliphatic rings. The Labute approximate surface area is 157 Å². The molecule has 6 nitrogen and oxygen atoms in total. The smallest absolute Gasteiger partial charge is 0.346 e. The van der Waals surface area contributed by atoms with Crippen molar-refractivity contribution in [1.29, 1.82) is 0 Å². The molecule has 1 aliphatic heterocycles. The van der Waals surface area contributed by atoms with E-state index in [1.165, 1.54) is 7.11 Å². The van der Waals surface area contributed by atoms with Crippen LogP contribution in [0.5, 0.6) is 17.2 Å². The number of allylic oxidation sites excluding steroid dienone is 1. The number of ketones is 1. The summed E-state index contributed by atoms with van der Waals surface area (Å²) in [6.45, 7) is 3.37. The third-order valence-electron chi connectivity index (χ3n) is 4.30. The second kappa shape index (κ2) is 7.53. The van der Waals surface area contributed by atoms with Crippen molar-refractivity contribution in [3.63, 3.8) is 0 Å². The maximum absolute atomic E-state index is 12.7. The Hall–Kier alpha value is -3.28. The maximum atomic E-state index is 12.7. The summed E-state index contributed by atoms with van der Waals surface area (Å²) in [5.41, 5.74) is 1.83. The lowest BCUT2D eigenvalue weighted by molar-refractivity contribution is -0.147. The summed E-state index contributed by atoms with van der Waals surface area (Å²) in [6.07, 6.45) is 0.880. The van der Waals surface area contributed by atoms with Crippen LogP contribution in [0.1, 0.15) is 28.4 Å². The number of methoxy groups -OCH3 is 2. The molecular weight excluding hydrogens is 348 g/mol. The molecule has 2 aromatic rings. The monoisotopic (exact) mass is 368 g/mol. The number of rotatable bonds is 5. The maximum Gasteiger partial charge on any atom is 0.346 e. The van der Waals surface area contributed by atoms with Crippen LogP contribution in [0, 0.1) is 6.92 Å². The lowest BCUT2D eigenvalue weighted by atomic mass is 10.1. The lowest BCUT2D eigenvalue weighted by Gasteiger charge is -2.15. The highest BCUT2D eigenvalue weighted by molar-refractivity contribution is 6.15. The first-order chi connectivity index (χ1) is 13.0. The number of ether oxygens (including phenoxy) is 4. The van der Waals surface area contributed by atoms with Gasteiger partial charge in [-0.1, -0.05) is 18.2 Å². The van der Waals surface area contributed by atoms with Gasteiger partial charge in [-0.25, -0.2) is 4.79 Å². The number of Topliss-reactive ketones (excluding diaryl/α,β-unsaturated/α-hetero) is 1. The van der Waals surface area contributed by atoms with E-state index in [4.69, 9.17) is 14.2 Å². The molecule has 0 aliphatic carbocycles. The topological polar surface area (TPSA) is 71.1 Å². The van der Waals surface area contributed by atoms with Gasteiger partial charge in [-0.15, -0.1) is 0 Å². The minimum Gasteiger partial charge on any atom is -0.496 e. The lowest BCUT2D eigenvalue weighted by Crippen LogP contribution is -2.25. The summed E-state index contributed by atoms with van der Waals surface area (Å²) >= 11 is 0. The van der Waals surface area contributed by atoms with Gasteiger partial charge in [0.2, 0.25) is 5.78 Å². The minimum atomic E-state index is -0.771. The van der Waals surface area contributed by atoms with Crippen molar-refractivity contribution in [2.24, 2.45) is 0 Å². The standard InChI is InChI=1S/C21H20O6/c1-12-16(26-13(2)21(23)25-4)10-9-15-19(22)18(27-20(12)15)11-14-7-5-6-8-17(14)24-3/h5-11,13H,1-4H3/b18-11-. The van der Waals surface area contributed by atoms with E-state index < -0.39 is 12.1 Å². The Morgan fingerprint density at radius 1 is 1.11 bits per heavy atom. The van der Waals surface area contributed by atoms with Gasteiger partial charge in [0.1, 0.15) is 17.2 Å². The van der Waals surface area contributed by atoms with Crippen molar-refractivity contribution >= 4 is 17.8 Å². The summed E-state index contributed by atoms with van der Waals surface area (Å²) in [5, 5.41) is 0. The van der Waals surface area contributed by atoms with E-state index in [2.05, 4.69) is 4.74 Å².